The van der Waals surface area contributed by atoms with Crippen molar-refractivity contribution in [2.45, 2.75) is 25.0 Å². The van der Waals surface area contributed by atoms with Gasteiger partial charge in [-0.2, -0.15) is 0 Å². The second-order valence-corrected chi connectivity index (χ2v) is 7.53. The van der Waals surface area contributed by atoms with E-state index in [1.54, 1.807) is 26.2 Å². The largest absolute Gasteiger partial charge is 0.493 e. The van der Waals surface area contributed by atoms with E-state index in [9.17, 15) is 4.79 Å². The molecule has 0 bridgehead atoms. The van der Waals surface area contributed by atoms with Crippen molar-refractivity contribution in [3.8, 4) is 11.5 Å². The Hall–Kier alpha value is -3.00. The van der Waals surface area contributed by atoms with Gasteiger partial charge in [0.15, 0.2) is 16.7 Å². The molecule has 2 aromatic carbocycles. The van der Waals surface area contributed by atoms with E-state index >= 15 is 0 Å². The van der Waals surface area contributed by atoms with E-state index in [1.807, 2.05) is 60.0 Å². The molecule has 158 valence electrons. The molecule has 0 fully saturated rings. The predicted molar refractivity (Wildman–Crippen MR) is 119 cm³/mol. The molecule has 3 rings (SSSR count). The van der Waals surface area contributed by atoms with Crippen LogP contribution in [0.1, 0.15) is 18.3 Å². The van der Waals surface area contributed by atoms with Gasteiger partial charge in [-0.1, -0.05) is 36.0 Å². The van der Waals surface area contributed by atoms with Crippen LogP contribution >= 0.6 is 11.8 Å². The number of anilines is 1. The highest BCUT2D eigenvalue weighted by Crippen LogP contribution is 2.29. The molecule has 3 aromatic rings. The number of thioether (sulfide) groups is 1. The Bertz CT molecular complexity index is 991. The topological polar surface area (TPSA) is 69.5 Å². The summed E-state index contributed by atoms with van der Waals surface area (Å²) in [4.78, 5) is 14.2. The van der Waals surface area contributed by atoms with Crippen molar-refractivity contribution in [1.82, 2.24) is 14.8 Å². The molecular weight excluding hydrogens is 400 g/mol. The first-order chi connectivity index (χ1) is 14.6. The van der Waals surface area contributed by atoms with Crippen molar-refractivity contribution in [3.63, 3.8) is 0 Å². The zero-order chi connectivity index (χ0) is 21.5. The standard InChI is InChI=1S/C22H26N4O3S/c1-5-26-20(14-16-11-12-18(28-3)19(13-16)29-4)23-24-22(26)30-15-21(27)25(2)17-9-7-6-8-10-17/h6-13H,5,14-15H2,1-4H3. The van der Waals surface area contributed by atoms with Crippen LogP contribution in [0.25, 0.3) is 0 Å². The fourth-order valence-electron chi connectivity index (χ4n) is 3.07. The van der Waals surface area contributed by atoms with E-state index < -0.39 is 0 Å². The number of hydrogen-bond acceptors (Lipinski definition) is 6. The number of aromatic nitrogens is 3. The monoisotopic (exact) mass is 426 g/mol. The molecule has 0 N–H and O–H groups in total. The molecule has 30 heavy (non-hydrogen) atoms. The summed E-state index contributed by atoms with van der Waals surface area (Å²) in [6, 6.07) is 15.4. The van der Waals surface area contributed by atoms with Crippen LogP contribution in [-0.4, -0.2) is 47.7 Å². The first kappa shape index (κ1) is 21.7. The molecule has 8 heteroatoms. The highest BCUT2D eigenvalue weighted by Gasteiger charge is 2.17. The molecule has 0 aliphatic carbocycles. The van der Waals surface area contributed by atoms with E-state index in [1.165, 1.54) is 11.8 Å². The average molecular weight is 427 g/mol. The summed E-state index contributed by atoms with van der Waals surface area (Å²) in [6.45, 7) is 2.77. The summed E-state index contributed by atoms with van der Waals surface area (Å²) in [5.74, 6) is 2.52. The van der Waals surface area contributed by atoms with E-state index in [0.29, 0.717) is 23.7 Å². The van der Waals surface area contributed by atoms with Crippen LogP contribution in [0.5, 0.6) is 11.5 Å². The Morgan fingerprint density at radius 2 is 1.80 bits per heavy atom. The maximum absolute atomic E-state index is 12.6. The number of methoxy groups -OCH3 is 2. The third-order valence-corrected chi connectivity index (χ3v) is 5.71. The first-order valence-electron chi connectivity index (χ1n) is 9.64. The van der Waals surface area contributed by atoms with Gasteiger partial charge in [0.2, 0.25) is 5.91 Å². The minimum atomic E-state index is 0.0123. The molecule has 1 amide bonds. The first-order valence-corrected chi connectivity index (χ1v) is 10.6. The van der Waals surface area contributed by atoms with Gasteiger partial charge in [-0.05, 0) is 36.8 Å². The fourth-order valence-corrected chi connectivity index (χ4v) is 4.00. The molecule has 0 aliphatic rings. The van der Waals surface area contributed by atoms with E-state index in [4.69, 9.17) is 9.47 Å². The Balaban J connectivity index is 1.69. The number of carbonyl (C=O) groups is 1. The molecule has 0 aliphatic heterocycles. The van der Waals surface area contributed by atoms with Crippen LogP contribution in [0.2, 0.25) is 0 Å². The molecule has 0 saturated heterocycles. The molecule has 1 aromatic heterocycles. The summed E-state index contributed by atoms with van der Waals surface area (Å²) < 4.78 is 12.7. The Labute approximate surface area is 181 Å². The van der Waals surface area contributed by atoms with E-state index in [2.05, 4.69) is 10.2 Å². The van der Waals surface area contributed by atoms with Crippen LogP contribution in [0.15, 0.2) is 53.7 Å². The van der Waals surface area contributed by atoms with Gasteiger partial charge >= 0.3 is 0 Å². The summed E-state index contributed by atoms with van der Waals surface area (Å²) >= 11 is 1.40. The Morgan fingerprint density at radius 3 is 2.47 bits per heavy atom. The molecule has 0 atom stereocenters. The minimum absolute atomic E-state index is 0.0123. The third kappa shape index (κ3) is 4.94. The van der Waals surface area contributed by atoms with Gasteiger partial charge < -0.3 is 18.9 Å². The van der Waals surface area contributed by atoms with Crippen LogP contribution in [-0.2, 0) is 17.8 Å². The lowest BCUT2D eigenvalue weighted by atomic mass is 10.1. The number of carbonyl (C=O) groups excluding carboxylic acids is 1. The van der Waals surface area contributed by atoms with Gasteiger partial charge in [0.05, 0.1) is 20.0 Å². The van der Waals surface area contributed by atoms with Crippen molar-refractivity contribution in [3.05, 3.63) is 59.9 Å². The summed E-state index contributed by atoms with van der Waals surface area (Å²) in [5, 5.41) is 9.41. The van der Waals surface area contributed by atoms with Crippen molar-refractivity contribution in [2.24, 2.45) is 0 Å². The number of nitrogens with zero attached hydrogens (tertiary/aromatic N) is 4. The van der Waals surface area contributed by atoms with Crippen LogP contribution in [0, 0.1) is 0 Å². The number of benzene rings is 2. The molecule has 0 saturated carbocycles. The Morgan fingerprint density at radius 1 is 1.07 bits per heavy atom. The van der Waals surface area contributed by atoms with Crippen molar-refractivity contribution < 1.29 is 14.3 Å². The van der Waals surface area contributed by atoms with Crippen LogP contribution in [0.4, 0.5) is 5.69 Å². The zero-order valence-corrected chi connectivity index (χ0v) is 18.5. The highest BCUT2D eigenvalue weighted by atomic mass is 32.2. The number of amides is 1. The quantitative estimate of drug-likeness (QED) is 0.487. The van der Waals surface area contributed by atoms with Gasteiger partial charge in [-0.25, -0.2) is 0 Å². The van der Waals surface area contributed by atoms with Gasteiger partial charge in [0.1, 0.15) is 5.82 Å². The highest BCUT2D eigenvalue weighted by molar-refractivity contribution is 7.99. The van der Waals surface area contributed by atoms with Gasteiger partial charge in [-0.15, -0.1) is 10.2 Å². The van der Waals surface area contributed by atoms with Crippen molar-refractivity contribution in [2.75, 3.05) is 31.9 Å². The normalized spacial score (nSPS) is 10.7. The average Bonchev–Trinajstić information content (AvgIpc) is 3.18. The molecule has 0 radical (unpaired) electrons. The van der Waals surface area contributed by atoms with Gasteiger partial charge in [0.25, 0.3) is 0 Å². The summed E-state index contributed by atoms with van der Waals surface area (Å²) in [7, 11) is 5.02. The maximum Gasteiger partial charge on any atom is 0.237 e. The van der Waals surface area contributed by atoms with Gasteiger partial charge in [0, 0.05) is 25.7 Å². The molecule has 1 heterocycles. The van der Waals surface area contributed by atoms with E-state index in [0.717, 1.165) is 28.8 Å². The Kier molecular flexibility index (Phi) is 7.35. The number of rotatable bonds is 9. The smallest absolute Gasteiger partial charge is 0.237 e. The number of hydrogen-bond donors (Lipinski definition) is 0. The number of ether oxygens (including phenoxy) is 2. The zero-order valence-electron chi connectivity index (χ0n) is 17.7. The molecule has 0 unspecified atom stereocenters. The second kappa shape index (κ2) is 10.2. The fraction of sp³-hybridized carbons (Fsp3) is 0.318. The summed E-state index contributed by atoms with van der Waals surface area (Å²) in [5.41, 5.74) is 1.92. The SMILES string of the molecule is CCn1c(Cc2ccc(OC)c(OC)c2)nnc1SCC(=O)N(C)c1ccccc1. The molecular formula is C22H26N4O3S. The lowest BCUT2D eigenvalue weighted by Gasteiger charge is -2.17. The number of para-hydroxylation sites is 1. The minimum Gasteiger partial charge on any atom is -0.493 e. The lowest BCUT2D eigenvalue weighted by Crippen LogP contribution is -2.28. The summed E-state index contributed by atoms with van der Waals surface area (Å²) in [6.07, 6.45) is 0.611. The van der Waals surface area contributed by atoms with Crippen LogP contribution < -0.4 is 14.4 Å². The van der Waals surface area contributed by atoms with E-state index in [-0.39, 0.29) is 5.91 Å². The third-order valence-electron chi connectivity index (χ3n) is 4.76. The second-order valence-electron chi connectivity index (χ2n) is 6.59. The molecule has 7 nitrogen and oxygen atoms in total. The molecule has 0 spiro atoms. The predicted octanol–water partition coefficient (Wildman–Crippen LogP) is 3.66. The van der Waals surface area contributed by atoms with Gasteiger partial charge in [-0.3, -0.25) is 4.79 Å². The van der Waals surface area contributed by atoms with Crippen molar-refractivity contribution in [1.29, 1.82) is 0 Å². The van der Waals surface area contributed by atoms with Crippen molar-refractivity contribution >= 4 is 23.4 Å². The lowest BCUT2D eigenvalue weighted by molar-refractivity contribution is -0.115. The van der Waals surface area contributed by atoms with Crippen LogP contribution in [0.3, 0.4) is 0 Å². The maximum atomic E-state index is 12.6.